The van der Waals surface area contributed by atoms with Crippen molar-refractivity contribution in [3.63, 3.8) is 0 Å². The minimum Gasteiger partial charge on any atom is -0.415 e. The van der Waals surface area contributed by atoms with Crippen molar-refractivity contribution in [1.29, 1.82) is 0 Å². The lowest BCUT2D eigenvalue weighted by Crippen LogP contribution is -2.54. The number of aromatic nitrogens is 4. The smallest absolute Gasteiger partial charge is 0.314 e. The number of para-hydroxylation sites is 2. The third-order valence-electron chi connectivity index (χ3n) is 10.1. The number of amides is 2. The summed E-state index contributed by atoms with van der Waals surface area (Å²) in [5, 5.41) is 16.6. The van der Waals surface area contributed by atoms with Crippen molar-refractivity contribution in [2.75, 3.05) is 42.5 Å². The fourth-order valence-electron chi connectivity index (χ4n) is 6.53. The van der Waals surface area contributed by atoms with Crippen LogP contribution in [0.2, 0.25) is 0 Å². The van der Waals surface area contributed by atoms with Gasteiger partial charge in [0.15, 0.2) is 0 Å². The number of carbonyl (C=O) groups is 2. The summed E-state index contributed by atoms with van der Waals surface area (Å²) in [6.07, 6.45) is -5.79. The van der Waals surface area contributed by atoms with Crippen molar-refractivity contribution < 1.29 is 44.8 Å². The fourth-order valence-corrected chi connectivity index (χ4v) is 6.53. The van der Waals surface area contributed by atoms with Crippen LogP contribution in [0.5, 0.6) is 0 Å². The third-order valence-corrected chi connectivity index (χ3v) is 10.1. The lowest BCUT2D eigenvalue weighted by atomic mass is 9.97. The summed E-state index contributed by atoms with van der Waals surface area (Å²) in [6.45, 7) is 5.56. The quantitative estimate of drug-likeness (QED) is 0.113. The average molecular weight is 869 g/mol. The highest BCUT2D eigenvalue weighted by molar-refractivity contribution is 5.96. The molecule has 12 nitrogen and oxygen atoms in total. The summed E-state index contributed by atoms with van der Waals surface area (Å²) in [7, 11) is 0. The summed E-state index contributed by atoms with van der Waals surface area (Å²) in [4.78, 5) is 31.3. The molecule has 8 rings (SSSR count). The molecule has 0 spiro atoms. The fraction of sp³-hybridized carbons (Fsp3) is 0.286. The zero-order chi connectivity index (χ0) is 42.3. The molecule has 0 bridgehead atoms. The van der Waals surface area contributed by atoms with E-state index in [9.17, 15) is 35.9 Å². The maximum Gasteiger partial charge on any atom is 0.314 e. The number of nitrogens with zero attached hydrogens (tertiary/aromatic N) is 7. The zero-order valence-electron chi connectivity index (χ0n) is 32.4. The van der Waals surface area contributed by atoms with Gasteiger partial charge in [-0.05, 0) is 55.1 Å². The van der Waals surface area contributed by atoms with Crippen molar-refractivity contribution in [3.8, 4) is 22.9 Å². The number of likely N-dealkylation sites (tertiary alicyclic amines) is 1. The largest absolute Gasteiger partial charge is 0.415 e. The van der Waals surface area contributed by atoms with Crippen molar-refractivity contribution in [2.24, 2.45) is 11.8 Å². The predicted octanol–water partition coefficient (Wildman–Crippen LogP) is 8.29. The van der Waals surface area contributed by atoms with Gasteiger partial charge in [-0.1, -0.05) is 55.5 Å². The SMILES string of the molecule is CCN1CC(C(=O)N(Cc2ccc(-c3nnc(C(F)F)o3)cc2F)c2ccccc2)C1.Cl.O=C(C1CNC1)N(Cc1ccc(-c2nnc(C(F)F)o2)cc1F)c1ccccc1. The Morgan fingerprint density at radius 1 is 0.672 bits per heavy atom. The van der Waals surface area contributed by atoms with E-state index in [1.54, 1.807) is 21.9 Å². The van der Waals surface area contributed by atoms with Gasteiger partial charge in [0.05, 0.1) is 24.9 Å². The highest BCUT2D eigenvalue weighted by atomic mass is 35.5. The van der Waals surface area contributed by atoms with E-state index in [0.29, 0.717) is 43.1 Å². The number of benzene rings is 4. The lowest BCUT2D eigenvalue weighted by molar-refractivity contribution is -0.127. The van der Waals surface area contributed by atoms with Gasteiger partial charge in [0.1, 0.15) is 11.6 Å². The molecule has 2 aliphatic rings. The van der Waals surface area contributed by atoms with Gasteiger partial charge in [-0.25, -0.2) is 8.78 Å². The first kappa shape index (κ1) is 44.4. The van der Waals surface area contributed by atoms with Crippen LogP contribution >= 0.6 is 12.4 Å². The molecule has 4 aromatic carbocycles. The van der Waals surface area contributed by atoms with E-state index in [-0.39, 0.29) is 77.6 Å². The van der Waals surface area contributed by atoms with Crippen LogP contribution in [0, 0.1) is 23.5 Å². The maximum atomic E-state index is 14.9. The van der Waals surface area contributed by atoms with Crippen LogP contribution in [0.15, 0.2) is 106 Å². The molecule has 0 atom stereocenters. The standard InChI is InChI=1S/C22H21F3N4O2.C20H17F3N4O2.ClH/c1-2-28-11-16(12-28)22(30)29(17-6-4-3-5-7-17)13-15-9-8-14(10-18(15)23)20-26-27-21(31-20)19(24)25;21-16-8-12(18-25-26-19(29-18)17(22)23)6-7-13(16)11-27(15-4-2-1-3-5-15)20(28)14-9-24-10-14;/h3-10,16,19H,2,11-13H2,1H3;1-8,14,17,24H,9-11H2;1H. The first-order valence-corrected chi connectivity index (χ1v) is 19.0. The molecule has 2 aromatic heterocycles. The molecule has 6 aromatic rings. The maximum absolute atomic E-state index is 14.9. The molecule has 0 unspecified atom stereocenters. The molecule has 61 heavy (non-hydrogen) atoms. The topological polar surface area (TPSA) is 134 Å². The van der Waals surface area contributed by atoms with Crippen LogP contribution in [0.25, 0.3) is 22.9 Å². The monoisotopic (exact) mass is 868 g/mol. The Labute approximate surface area is 352 Å². The highest BCUT2D eigenvalue weighted by Gasteiger charge is 2.35. The molecule has 0 aliphatic carbocycles. The van der Waals surface area contributed by atoms with E-state index in [1.807, 2.05) is 55.5 Å². The van der Waals surface area contributed by atoms with Gasteiger partial charge in [0, 0.05) is 59.8 Å². The van der Waals surface area contributed by atoms with Crippen LogP contribution in [0.3, 0.4) is 0 Å². The van der Waals surface area contributed by atoms with Gasteiger partial charge in [-0.15, -0.1) is 32.8 Å². The van der Waals surface area contributed by atoms with E-state index in [4.69, 9.17) is 8.83 Å². The van der Waals surface area contributed by atoms with E-state index in [2.05, 4.69) is 30.6 Å². The second-order valence-corrected chi connectivity index (χ2v) is 14.0. The molecular weight excluding hydrogens is 830 g/mol. The molecule has 19 heteroatoms. The summed E-state index contributed by atoms with van der Waals surface area (Å²) < 4.78 is 89.9. The summed E-state index contributed by atoms with van der Waals surface area (Å²) in [5.74, 6) is -3.63. The number of hydrogen-bond donors (Lipinski definition) is 1. The molecule has 320 valence electrons. The number of anilines is 2. The van der Waals surface area contributed by atoms with Gasteiger partial charge in [0.25, 0.3) is 11.8 Å². The molecule has 0 radical (unpaired) electrons. The highest BCUT2D eigenvalue weighted by Crippen LogP contribution is 2.30. The Morgan fingerprint density at radius 2 is 1.10 bits per heavy atom. The molecule has 2 fully saturated rings. The summed E-state index contributed by atoms with van der Waals surface area (Å²) in [5.41, 5.74) is 2.31. The summed E-state index contributed by atoms with van der Waals surface area (Å²) in [6, 6.07) is 26.4. The van der Waals surface area contributed by atoms with E-state index in [1.165, 1.54) is 24.3 Å². The molecule has 0 saturated carbocycles. The normalized spacial score (nSPS) is 14.1. The average Bonchev–Trinajstić information content (AvgIpc) is 3.92. The molecule has 2 amide bonds. The Bertz CT molecular complexity index is 2400. The molecule has 4 heterocycles. The van der Waals surface area contributed by atoms with Gasteiger partial charge in [0.2, 0.25) is 23.6 Å². The Kier molecular flexibility index (Phi) is 14.5. The van der Waals surface area contributed by atoms with Crippen molar-refractivity contribution in [2.45, 2.75) is 32.9 Å². The minimum absolute atomic E-state index is 0. The predicted molar refractivity (Wildman–Crippen MR) is 214 cm³/mol. The van der Waals surface area contributed by atoms with Crippen molar-refractivity contribution >= 4 is 35.6 Å². The molecule has 1 N–H and O–H groups in total. The number of nitrogens with one attached hydrogen (secondary N) is 1. The number of alkyl halides is 4. The number of halogens is 7. The third kappa shape index (κ3) is 10.4. The van der Waals surface area contributed by atoms with Crippen LogP contribution in [0.4, 0.5) is 37.7 Å². The number of rotatable bonds is 13. The lowest BCUT2D eigenvalue weighted by Gasteiger charge is -2.40. The van der Waals surface area contributed by atoms with Gasteiger partial charge in [-0.3, -0.25) is 9.59 Å². The van der Waals surface area contributed by atoms with Crippen molar-refractivity contribution in [1.82, 2.24) is 30.6 Å². The zero-order valence-corrected chi connectivity index (χ0v) is 33.3. The van der Waals surface area contributed by atoms with Gasteiger partial charge < -0.3 is 28.9 Å². The van der Waals surface area contributed by atoms with E-state index < -0.39 is 36.3 Å². The minimum atomic E-state index is -2.90. The van der Waals surface area contributed by atoms with Crippen LogP contribution in [0.1, 0.15) is 42.7 Å². The molecule has 2 aliphatic heterocycles. The molecular formula is C42H39ClF6N8O4. The first-order chi connectivity index (χ1) is 29.0. The van der Waals surface area contributed by atoms with E-state index in [0.717, 1.165) is 18.7 Å². The van der Waals surface area contributed by atoms with Crippen LogP contribution in [-0.2, 0) is 22.7 Å². The van der Waals surface area contributed by atoms with E-state index >= 15 is 0 Å². The number of hydrogen-bond acceptors (Lipinski definition) is 10. The van der Waals surface area contributed by atoms with Crippen molar-refractivity contribution in [3.05, 3.63) is 132 Å². The Morgan fingerprint density at radius 3 is 1.44 bits per heavy atom. The second kappa shape index (κ2) is 20.0. The first-order valence-electron chi connectivity index (χ1n) is 19.0. The van der Waals surface area contributed by atoms with Gasteiger partial charge >= 0.3 is 12.9 Å². The Balaban J connectivity index is 0.000000201. The van der Waals surface area contributed by atoms with Crippen LogP contribution in [-0.4, -0.2) is 69.8 Å². The summed E-state index contributed by atoms with van der Waals surface area (Å²) >= 11 is 0. The number of carbonyl (C=O) groups excluding carboxylic acids is 2. The van der Waals surface area contributed by atoms with Gasteiger partial charge in [-0.2, -0.15) is 17.6 Å². The second-order valence-electron chi connectivity index (χ2n) is 14.0. The Hall–Kier alpha value is -6.11. The van der Waals surface area contributed by atoms with Crippen LogP contribution < -0.4 is 15.1 Å². The molecule has 2 saturated heterocycles.